The van der Waals surface area contributed by atoms with Gasteiger partial charge in [-0.1, -0.05) is 17.7 Å². The van der Waals surface area contributed by atoms with E-state index in [4.69, 9.17) is 4.42 Å². The van der Waals surface area contributed by atoms with Crippen LogP contribution in [0.4, 0.5) is 0 Å². The van der Waals surface area contributed by atoms with Gasteiger partial charge in [-0.3, -0.25) is 4.79 Å². The predicted octanol–water partition coefficient (Wildman–Crippen LogP) is 4.22. The number of carbonyl (C=O) groups is 1. The van der Waals surface area contributed by atoms with Crippen molar-refractivity contribution in [3.05, 3.63) is 82.6 Å². The first kappa shape index (κ1) is 18.3. The third-order valence-electron chi connectivity index (χ3n) is 4.43. The lowest BCUT2D eigenvalue weighted by Gasteiger charge is -2.10. The molecule has 3 aromatic rings. The number of rotatable bonds is 5. The van der Waals surface area contributed by atoms with E-state index in [0.717, 1.165) is 22.6 Å². The van der Waals surface area contributed by atoms with Gasteiger partial charge in [0.1, 0.15) is 17.4 Å². The average molecular weight is 359 g/mol. The van der Waals surface area contributed by atoms with Crippen molar-refractivity contribution in [1.82, 2.24) is 9.88 Å². The molecule has 0 saturated carbocycles. The number of aromatic nitrogens is 1. The topological polar surface area (TPSA) is 71.0 Å². The fourth-order valence-electron chi connectivity index (χ4n) is 3.00. The number of nitriles is 1. The highest BCUT2D eigenvalue weighted by molar-refractivity contribution is 6.01. The molecule has 0 atom stereocenters. The smallest absolute Gasteiger partial charge is 0.262 e. The standard InChI is InChI=1S/C22H21N3O2/c1-15-6-8-20(9-7-15)25-16(2)11-18(17(25)3)12-19(13-23)22(26)24-14-21-5-4-10-27-21/h4-12H,14H2,1-3H3,(H,24,26)/b19-12+. The van der Waals surface area contributed by atoms with E-state index in [2.05, 4.69) is 34.1 Å². The van der Waals surface area contributed by atoms with E-state index in [0.29, 0.717) is 5.76 Å². The minimum atomic E-state index is -0.422. The molecule has 1 amide bonds. The maximum absolute atomic E-state index is 12.3. The SMILES string of the molecule is Cc1ccc(-n2c(C)cc(/C=C(\C#N)C(=O)NCc3ccco3)c2C)cc1. The Hall–Kier alpha value is -3.52. The van der Waals surface area contributed by atoms with Crippen molar-refractivity contribution in [1.29, 1.82) is 5.26 Å². The Kier molecular flexibility index (Phi) is 5.28. The zero-order valence-electron chi connectivity index (χ0n) is 15.6. The van der Waals surface area contributed by atoms with Crippen LogP contribution in [0.25, 0.3) is 11.8 Å². The fourth-order valence-corrected chi connectivity index (χ4v) is 3.00. The number of aryl methyl sites for hydroxylation is 2. The summed E-state index contributed by atoms with van der Waals surface area (Å²) in [5.41, 5.74) is 5.17. The quantitative estimate of drug-likeness (QED) is 0.548. The van der Waals surface area contributed by atoms with Crippen molar-refractivity contribution < 1.29 is 9.21 Å². The highest BCUT2D eigenvalue weighted by Crippen LogP contribution is 2.23. The van der Waals surface area contributed by atoms with Crippen LogP contribution in [0.1, 0.15) is 28.3 Å². The van der Waals surface area contributed by atoms with E-state index in [9.17, 15) is 10.1 Å². The molecular weight excluding hydrogens is 338 g/mol. The molecule has 1 N–H and O–H groups in total. The van der Waals surface area contributed by atoms with Crippen molar-refractivity contribution in [3.63, 3.8) is 0 Å². The van der Waals surface area contributed by atoms with Crippen molar-refractivity contribution in [3.8, 4) is 11.8 Å². The van der Waals surface area contributed by atoms with Crippen LogP contribution in [0.15, 0.2) is 58.7 Å². The van der Waals surface area contributed by atoms with Gasteiger partial charge in [-0.25, -0.2) is 0 Å². The summed E-state index contributed by atoms with van der Waals surface area (Å²) in [7, 11) is 0. The number of nitrogens with one attached hydrogen (secondary N) is 1. The van der Waals surface area contributed by atoms with Gasteiger partial charge in [-0.15, -0.1) is 0 Å². The molecule has 0 bridgehead atoms. The van der Waals surface area contributed by atoms with Gasteiger partial charge >= 0.3 is 0 Å². The Morgan fingerprint density at radius 1 is 1.22 bits per heavy atom. The molecular formula is C22H21N3O2. The maximum Gasteiger partial charge on any atom is 0.262 e. The first-order valence-electron chi connectivity index (χ1n) is 8.68. The molecule has 0 aliphatic heterocycles. The zero-order valence-corrected chi connectivity index (χ0v) is 15.6. The molecule has 0 saturated heterocycles. The number of carbonyl (C=O) groups excluding carboxylic acids is 1. The van der Waals surface area contributed by atoms with E-state index >= 15 is 0 Å². The van der Waals surface area contributed by atoms with Crippen LogP contribution in [0, 0.1) is 32.1 Å². The van der Waals surface area contributed by atoms with Crippen LogP contribution in [-0.2, 0) is 11.3 Å². The van der Waals surface area contributed by atoms with E-state index in [1.807, 2.05) is 32.9 Å². The van der Waals surface area contributed by atoms with Gasteiger partial charge in [0.05, 0.1) is 12.8 Å². The number of benzene rings is 1. The molecule has 2 heterocycles. The van der Waals surface area contributed by atoms with Crippen LogP contribution < -0.4 is 5.32 Å². The molecule has 0 aliphatic carbocycles. The number of furan rings is 1. The lowest BCUT2D eigenvalue weighted by molar-refractivity contribution is -0.117. The van der Waals surface area contributed by atoms with Gasteiger partial charge in [0.2, 0.25) is 0 Å². The predicted molar refractivity (Wildman–Crippen MR) is 104 cm³/mol. The molecule has 0 unspecified atom stereocenters. The van der Waals surface area contributed by atoms with E-state index in [-0.39, 0.29) is 12.1 Å². The summed E-state index contributed by atoms with van der Waals surface area (Å²) < 4.78 is 7.30. The monoisotopic (exact) mass is 359 g/mol. The Labute approximate surface area is 158 Å². The molecule has 1 aromatic carbocycles. The number of amides is 1. The second-order valence-electron chi connectivity index (χ2n) is 6.43. The number of nitrogens with zero attached hydrogens (tertiary/aromatic N) is 2. The summed E-state index contributed by atoms with van der Waals surface area (Å²) in [6.07, 6.45) is 3.17. The molecule has 27 heavy (non-hydrogen) atoms. The highest BCUT2D eigenvalue weighted by atomic mass is 16.3. The van der Waals surface area contributed by atoms with Crippen LogP contribution in [0.3, 0.4) is 0 Å². The molecule has 0 spiro atoms. The van der Waals surface area contributed by atoms with Gasteiger partial charge in [-0.2, -0.15) is 5.26 Å². The number of hydrogen-bond acceptors (Lipinski definition) is 3. The van der Waals surface area contributed by atoms with Gasteiger partial charge < -0.3 is 14.3 Å². The Balaban J connectivity index is 1.86. The largest absolute Gasteiger partial charge is 0.467 e. The second-order valence-corrected chi connectivity index (χ2v) is 6.43. The Morgan fingerprint density at radius 2 is 1.96 bits per heavy atom. The van der Waals surface area contributed by atoms with Crippen molar-refractivity contribution in [2.45, 2.75) is 27.3 Å². The fraction of sp³-hybridized carbons (Fsp3) is 0.182. The molecule has 0 aliphatic rings. The van der Waals surface area contributed by atoms with E-state index in [1.165, 1.54) is 5.56 Å². The highest BCUT2D eigenvalue weighted by Gasteiger charge is 2.14. The number of hydrogen-bond donors (Lipinski definition) is 1. The molecule has 136 valence electrons. The van der Waals surface area contributed by atoms with Crippen LogP contribution in [-0.4, -0.2) is 10.5 Å². The van der Waals surface area contributed by atoms with Gasteiger partial charge in [0.25, 0.3) is 5.91 Å². The van der Waals surface area contributed by atoms with Gasteiger partial charge in [0, 0.05) is 17.1 Å². The minimum absolute atomic E-state index is 0.0608. The summed E-state index contributed by atoms with van der Waals surface area (Å²) >= 11 is 0. The lowest BCUT2D eigenvalue weighted by atomic mass is 10.1. The normalized spacial score (nSPS) is 11.3. The lowest BCUT2D eigenvalue weighted by Crippen LogP contribution is -2.23. The molecule has 0 fully saturated rings. The van der Waals surface area contributed by atoms with Crippen molar-refractivity contribution >= 4 is 12.0 Å². The third kappa shape index (κ3) is 4.01. The van der Waals surface area contributed by atoms with Crippen molar-refractivity contribution in [2.24, 2.45) is 0 Å². The van der Waals surface area contributed by atoms with Crippen molar-refractivity contribution in [2.75, 3.05) is 0 Å². The van der Waals surface area contributed by atoms with Crippen LogP contribution in [0.5, 0.6) is 0 Å². The summed E-state index contributed by atoms with van der Waals surface area (Å²) in [5, 5.41) is 12.1. The summed E-state index contributed by atoms with van der Waals surface area (Å²) in [6.45, 7) is 6.28. The molecule has 5 heteroatoms. The molecule has 3 rings (SSSR count). The minimum Gasteiger partial charge on any atom is -0.467 e. The summed E-state index contributed by atoms with van der Waals surface area (Å²) in [5.74, 6) is 0.215. The van der Waals surface area contributed by atoms with E-state index < -0.39 is 5.91 Å². The first-order valence-corrected chi connectivity index (χ1v) is 8.68. The second kappa shape index (κ2) is 7.79. The Bertz CT molecular complexity index is 1020. The molecule has 2 aromatic heterocycles. The zero-order chi connectivity index (χ0) is 19.4. The third-order valence-corrected chi connectivity index (χ3v) is 4.43. The van der Waals surface area contributed by atoms with Crippen LogP contribution in [0.2, 0.25) is 0 Å². The van der Waals surface area contributed by atoms with Crippen LogP contribution >= 0.6 is 0 Å². The van der Waals surface area contributed by atoms with Gasteiger partial charge in [-0.05, 0) is 62.7 Å². The summed E-state index contributed by atoms with van der Waals surface area (Å²) in [6, 6.07) is 15.7. The van der Waals surface area contributed by atoms with E-state index in [1.54, 1.807) is 24.5 Å². The van der Waals surface area contributed by atoms with Gasteiger partial charge in [0.15, 0.2) is 0 Å². The molecule has 5 nitrogen and oxygen atoms in total. The summed E-state index contributed by atoms with van der Waals surface area (Å²) in [4.78, 5) is 12.3. The first-order chi connectivity index (χ1) is 13.0. The molecule has 0 radical (unpaired) electrons. The maximum atomic E-state index is 12.3. The Morgan fingerprint density at radius 3 is 2.59 bits per heavy atom. The average Bonchev–Trinajstić information content (AvgIpc) is 3.27.